The Morgan fingerprint density at radius 3 is 2.61 bits per heavy atom. The number of aliphatic carboxylic acids is 1. The van der Waals surface area contributed by atoms with Crippen LogP contribution in [0.3, 0.4) is 0 Å². The zero-order valence-corrected chi connectivity index (χ0v) is 10.1. The molecule has 0 atom stereocenters. The van der Waals surface area contributed by atoms with Gasteiger partial charge in [0.15, 0.2) is 0 Å². The highest BCUT2D eigenvalue weighted by atomic mass is 16.4. The molecular weight excluding hydrogens is 236 g/mol. The molecule has 0 aliphatic carbocycles. The molecule has 0 fully saturated rings. The van der Waals surface area contributed by atoms with Crippen LogP contribution in [0.4, 0.5) is 5.69 Å². The van der Waals surface area contributed by atoms with E-state index in [-0.39, 0.29) is 24.3 Å². The third-order valence-corrected chi connectivity index (χ3v) is 2.38. The molecule has 1 amide bonds. The van der Waals surface area contributed by atoms with Gasteiger partial charge in [-0.25, -0.2) is 0 Å². The number of aromatic hydroxyl groups is 1. The lowest BCUT2D eigenvalue weighted by atomic mass is 10.1. The molecule has 1 aromatic carbocycles. The summed E-state index contributed by atoms with van der Waals surface area (Å²) in [5, 5.41) is 23.5. The van der Waals surface area contributed by atoms with Crippen molar-refractivity contribution in [1.29, 1.82) is 0 Å². The van der Waals surface area contributed by atoms with Gasteiger partial charge in [0.25, 0.3) is 5.91 Å². The minimum atomic E-state index is -0.898. The van der Waals surface area contributed by atoms with E-state index in [0.717, 1.165) is 0 Å². The number of phenolic OH excluding ortho intramolecular Hbond substituents is 1. The van der Waals surface area contributed by atoms with E-state index in [1.165, 1.54) is 12.1 Å². The fourth-order valence-electron chi connectivity index (χ4n) is 1.42. The number of carboxylic acid groups (broad SMARTS) is 1. The standard InChI is InChI=1S/C12H16N2O4/c1-13-8-4-5-9(10(15)7-8)12(18)14-6-2-3-11(16)17/h4-5,7,13,15H,2-3,6H2,1H3,(H,14,18)(H,16,17). The van der Waals surface area contributed by atoms with Crippen LogP contribution in [-0.4, -0.2) is 35.7 Å². The summed E-state index contributed by atoms with van der Waals surface area (Å²) in [6, 6.07) is 4.63. The van der Waals surface area contributed by atoms with Gasteiger partial charge in [-0.3, -0.25) is 9.59 Å². The molecule has 1 rings (SSSR count). The predicted octanol–water partition coefficient (Wildman–Crippen LogP) is 1.03. The van der Waals surface area contributed by atoms with Crippen LogP contribution in [0.15, 0.2) is 18.2 Å². The number of benzene rings is 1. The molecule has 0 unspecified atom stereocenters. The van der Waals surface area contributed by atoms with Gasteiger partial charge in [0.2, 0.25) is 0 Å². The molecule has 6 heteroatoms. The van der Waals surface area contributed by atoms with Crippen LogP contribution >= 0.6 is 0 Å². The third-order valence-electron chi connectivity index (χ3n) is 2.38. The maximum atomic E-state index is 11.7. The fraction of sp³-hybridized carbons (Fsp3) is 0.333. The Balaban J connectivity index is 2.54. The molecule has 0 radical (unpaired) electrons. The summed E-state index contributed by atoms with van der Waals surface area (Å²) in [5.41, 5.74) is 0.874. The van der Waals surface area contributed by atoms with Crippen molar-refractivity contribution < 1.29 is 19.8 Å². The van der Waals surface area contributed by atoms with Gasteiger partial charge in [-0.2, -0.15) is 0 Å². The Morgan fingerprint density at radius 2 is 2.06 bits per heavy atom. The van der Waals surface area contributed by atoms with Crippen LogP contribution in [0, 0.1) is 0 Å². The van der Waals surface area contributed by atoms with Gasteiger partial charge < -0.3 is 20.8 Å². The second-order valence-corrected chi connectivity index (χ2v) is 3.74. The summed E-state index contributed by atoms with van der Waals surface area (Å²) in [4.78, 5) is 21.9. The van der Waals surface area contributed by atoms with Gasteiger partial charge >= 0.3 is 5.97 Å². The van der Waals surface area contributed by atoms with Crippen molar-refractivity contribution in [1.82, 2.24) is 5.32 Å². The van der Waals surface area contributed by atoms with E-state index >= 15 is 0 Å². The number of carboxylic acids is 1. The molecule has 98 valence electrons. The van der Waals surface area contributed by atoms with Gasteiger partial charge in [-0.1, -0.05) is 0 Å². The number of amides is 1. The van der Waals surface area contributed by atoms with E-state index in [0.29, 0.717) is 12.1 Å². The summed E-state index contributed by atoms with van der Waals surface area (Å²) in [7, 11) is 1.71. The average Bonchev–Trinajstić information content (AvgIpc) is 2.33. The third kappa shape index (κ3) is 3.97. The lowest BCUT2D eigenvalue weighted by molar-refractivity contribution is -0.137. The minimum Gasteiger partial charge on any atom is -0.507 e. The number of carbonyl (C=O) groups excluding carboxylic acids is 1. The first-order valence-corrected chi connectivity index (χ1v) is 5.55. The highest BCUT2D eigenvalue weighted by molar-refractivity contribution is 5.97. The summed E-state index contributed by atoms with van der Waals surface area (Å²) in [6.07, 6.45) is 0.362. The Kier molecular flexibility index (Phi) is 4.98. The van der Waals surface area contributed by atoms with Crippen molar-refractivity contribution >= 4 is 17.6 Å². The molecule has 0 heterocycles. The fourth-order valence-corrected chi connectivity index (χ4v) is 1.42. The van der Waals surface area contributed by atoms with Crippen LogP contribution in [0.25, 0.3) is 0 Å². The van der Waals surface area contributed by atoms with Crippen molar-refractivity contribution in [3.63, 3.8) is 0 Å². The predicted molar refractivity (Wildman–Crippen MR) is 66.9 cm³/mol. The summed E-state index contributed by atoms with van der Waals surface area (Å²) in [6.45, 7) is 0.262. The van der Waals surface area contributed by atoms with E-state index in [9.17, 15) is 14.7 Å². The number of hydrogen-bond donors (Lipinski definition) is 4. The van der Waals surface area contributed by atoms with Crippen molar-refractivity contribution in [3.05, 3.63) is 23.8 Å². The molecule has 4 N–H and O–H groups in total. The van der Waals surface area contributed by atoms with Crippen molar-refractivity contribution in [2.24, 2.45) is 0 Å². The maximum absolute atomic E-state index is 11.7. The van der Waals surface area contributed by atoms with E-state index in [4.69, 9.17) is 5.11 Å². The first-order valence-electron chi connectivity index (χ1n) is 5.55. The molecule has 6 nitrogen and oxygen atoms in total. The number of rotatable bonds is 6. The topological polar surface area (TPSA) is 98.7 Å². The Morgan fingerprint density at radius 1 is 1.33 bits per heavy atom. The molecule has 1 aromatic rings. The zero-order chi connectivity index (χ0) is 13.5. The van der Waals surface area contributed by atoms with Gasteiger partial charge in [-0.15, -0.1) is 0 Å². The van der Waals surface area contributed by atoms with Crippen LogP contribution < -0.4 is 10.6 Å². The number of phenols is 1. The smallest absolute Gasteiger partial charge is 0.303 e. The number of nitrogens with one attached hydrogen (secondary N) is 2. The summed E-state index contributed by atoms with van der Waals surface area (Å²) < 4.78 is 0. The molecule has 0 saturated heterocycles. The Labute approximate surface area is 105 Å². The summed E-state index contributed by atoms with van der Waals surface area (Å²) in [5.74, 6) is -1.43. The summed E-state index contributed by atoms with van der Waals surface area (Å²) >= 11 is 0. The van der Waals surface area contributed by atoms with Crippen LogP contribution in [0.2, 0.25) is 0 Å². The van der Waals surface area contributed by atoms with E-state index in [1.807, 2.05) is 0 Å². The van der Waals surface area contributed by atoms with Crippen LogP contribution in [-0.2, 0) is 4.79 Å². The second kappa shape index (κ2) is 6.48. The first kappa shape index (κ1) is 13.8. The van der Waals surface area contributed by atoms with Gasteiger partial charge in [-0.05, 0) is 18.6 Å². The SMILES string of the molecule is CNc1ccc(C(=O)NCCCC(=O)O)c(O)c1. The molecule has 0 aliphatic heterocycles. The quantitative estimate of drug-likeness (QED) is 0.567. The lowest BCUT2D eigenvalue weighted by Crippen LogP contribution is -2.25. The molecule has 0 saturated carbocycles. The van der Waals surface area contributed by atoms with E-state index in [2.05, 4.69) is 10.6 Å². The van der Waals surface area contributed by atoms with Crippen molar-refractivity contribution in [3.8, 4) is 5.75 Å². The molecule has 0 aliphatic rings. The second-order valence-electron chi connectivity index (χ2n) is 3.74. The number of carbonyl (C=O) groups is 2. The van der Waals surface area contributed by atoms with Crippen molar-refractivity contribution in [2.75, 3.05) is 18.9 Å². The highest BCUT2D eigenvalue weighted by Crippen LogP contribution is 2.21. The molecule has 0 aromatic heterocycles. The van der Waals surface area contributed by atoms with E-state index < -0.39 is 11.9 Å². The molecule has 0 spiro atoms. The average molecular weight is 252 g/mol. The first-order chi connectivity index (χ1) is 8.54. The number of anilines is 1. The minimum absolute atomic E-state index is 0.00492. The van der Waals surface area contributed by atoms with Gasteiger partial charge in [0, 0.05) is 31.8 Å². The lowest BCUT2D eigenvalue weighted by Gasteiger charge is -2.07. The molecule has 0 bridgehead atoms. The zero-order valence-electron chi connectivity index (χ0n) is 10.1. The maximum Gasteiger partial charge on any atom is 0.303 e. The Bertz CT molecular complexity index is 446. The van der Waals surface area contributed by atoms with Crippen LogP contribution in [0.1, 0.15) is 23.2 Å². The van der Waals surface area contributed by atoms with Crippen molar-refractivity contribution in [2.45, 2.75) is 12.8 Å². The highest BCUT2D eigenvalue weighted by Gasteiger charge is 2.10. The number of hydrogen-bond acceptors (Lipinski definition) is 4. The van der Waals surface area contributed by atoms with Gasteiger partial charge in [0.1, 0.15) is 5.75 Å². The normalized spacial score (nSPS) is 9.83. The Hall–Kier alpha value is -2.24. The monoisotopic (exact) mass is 252 g/mol. The van der Waals surface area contributed by atoms with Gasteiger partial charge in [0.05, 0.1) is 5.56 Å². The largest absolute Gasteiger partial charge is 0.507 e. The van der Waals surface area contributed by atoms with Crippen LogP contribution in [0.5, 0.6) is 5.75 Å². The molecule has 18 heavy (non-hydrogen) atoms. The molecular formula is C12H16N2O4. The van der Waals surface area contributed by atoms with E-state index in [1.54, 1.807) is 13.1 Å².